The molecule has 0 aliphatic heterocycles. The molecular weight excluding hydrogens is 252 g/mol. The van der Waals surface area contributed by atoms with Gasteiger partial charge in [-0.05, 0) is 25.5 Å². The summed E-state index contributed by atoms with van der Waals surface area (Å²) in [6.45, 7) is 1.63. The normalized spacial score (nSPS) is 13.8. The lowest BCUT2D eigenvalue weighted by Crippen LogP contribution is -2.45. The number of nitrogens with one attached hydrogen (secondary N) is 1. The molecular formula is C12H16N2O5. The fraction of sp³-hybridized carbons (Fsp3) is 0.417. The highest BCUT2D eigenvalue weighted by Gasteiger charge is 2.28. The van der Waals surface area contributed by atoms with Crippen molar-refractivity contribution in [1.29, 1.82) is 0 Å². The number of aliphatic hydroxyl groups is 1. The van der Waals surface area contributed by atoms with Crippen LogP contribution < -0.4 is 5.32 Å². The van der Waals surface area contributed by atoms with Gasteiger partial charge in [-0.15, -0.1) is 0 Å². The second-order valence-electron chi connectivity index (χ2n) is 4.43. The Morgan fingerprint density at radius 3 is 2.47 bits per heavy atom. The number of rotatable bonds is 7. The van der Waals surface area contributed by atoms with E-state index < -0.39 is 16.5 Å². The Balaban J connectivity index is 2.38. The summed E-state index contributed by atoms with van der Waals surface area (Å²) in [5.74, 6) is -1.28. The zero-order valence-corrected chi connectivity index (χ0v) is 10.5. The number of nitro groups is 1. The van der Waals surface area contributed by atoms with Crippen LogP contribution in [0.4, 0.5) is 5.69 Å². The second kappa shape index (κ2) is 6.26. The molecule has 0 aliphatic rings. The molecule has 0 spiro atoms. The second-order valence-corrected chi connectivity index (χ2v) is 4.43. The lowest BCUT2D eigenvalue weighted by Gasteiger charge is -2.18. The molecule has 0 aromatic heterocycles. The Morgan fingerprint density at radius 2 is 2.00 bits per heavy atom. The van der Waals surface area contributed by atoms with Crippen LogP contribution in [0.3, 0.4) is 0 Å². The summed E-state index contributed by atoms with van der Waals surface area (Å²) in [6, 6.07) is 6.13. The molecule has 0 saturated carbocycles. The van der Waals surface area contributed by atoms with E-state index in [0.717, 1.165) is 5.56 Å². The van der Waals surface area contributed by atoms with Crippen molar-refractivity contribution in [2.24, 2.45) is 0 Å². The summed E-state index contributed by atoms with van der Waals surface area (Å²) < 4.78 is 0. The van der Waals surface area contributed by atoms with E-state index in [1.807, 2.05) is 0 Å². The maximum absolute atomic E-state index is 10.6. The molecule has 0 bridgehead atoms. The van der Waals surface area contributed by atoms with Gasteiger partial charge in [-0.25, -0.2) is 4.79 Å². The number of aliphatic carboxylic acids is 1. The first-order valence-electron chi connectivity index (χ1n) is 5.73. The maximum atomic E-state index is 10.6. The molecule has 0 fully saturated rings. The molecule has 7 heteroatoms. The maximum Gasteiger partial charge on any atom is 0.336 e. The molecule has 104 valence electrons. The van der Waals surface area contributed by atoms with Gasteiger partial charge in [0.05, 0.1) is 4.92 Å². The molecule has 0 heterocycles. The van der Waals surface area contributed by atoms with Gasteiger partial charge in [0.1, 0.15) is 0 Å². The smallest absolute Gasteiger partial charge is 0.336 e. The predicted octanol–water partition coefficient (Wildman–Crippen LogP) is 0.562. The van der Waals surface area contributed by atoms with Crippen molar-refractivity contribution >= 4 is 11.7 Å². The van der Waals surface area contributed by atoms with E-state index in [0.29, 0.717) is 13.0 Å². The van der Waals surface area contributed by atoms with Crippen molar-refractivity contribution in [1.82, 2.24) is 5.32 Å². The Bertz CT molecular complexity index is 456. The summed E-state index contributed by atoms with van der Waals surface area (Å²) in [5.41, 5.74) is -0.867. The van der Waals surface area contributed by atoms with Gasteiger partial charge in [0.2, 0.25) is 0 Å². The quantitative estimate of drug-likeness (QED) is 0.378. The number of carbonyl (C=O) groups is 1. The highest BCUT2D eigenvalue weighted by atomic mass is 16.6. The van der Waals surface area contributed by atoms with Crippen molar-refractivity contribution < 1.29 is 19.9 Å². The van der Waals surface area contributed by atoms with Crippen LogP contribution in [0.15, 0.2) is 24.3 Å². The lowest BCUT2D eigenvalue weighted by molar-refractivity contribution is -0.384. The van der Waals surface area contributed by atoms with E-state index in [2.05, 4.69) is 5.32 Å². The van der Waals surface area contributed by atoms with Crippen LogP contribution in [0.25, 0.3) is 0 Å². The Hall–Kier alpha value is -1.99. The third kappa shape index (κ3) is 4.65. The molecule has 0 amide bonds. The average Bonchev–Trinajstić information content (AvgIpc) is 2.35. The SMILES string of the molecule is CC(O)(CNCCc1ccc([N+](=O)[O-])cc1)C(=O)O. The van der Waals surface area contributed by atoms with E-state index in [-0.39, 0.29) is 12.2 Å². The number of hydrogen-bond donors (Lipinski definition) is 3. The first-order valence-corrected chi connectivity index (χ1v) is 5.73. The van der Waals surface area contributed by atoms with E-state index in [9.17, 15) is 20.0 Å². The third-order valence-corrected chi connectivity index (χ3v) is 2.67. The van der Waals surface area contributed by atoms with Gasteiger partial charge in [0, 0.05) is 18.7 Å². The van der Waals surface area contributed by atoms with Crippen LogP contribution in [0.2, 0.25) is 0 Å². The van der Waals surface area contributed by atoms with Gasteiger partial charge in [-0.1, -0.05) is 12.1 Å². The van der Waals surface area contributed by atoms with Crippen LogP contribution in [-0.4, -0.2) is 39.8 Å². The Labute approximate surface area is 110 Å². The monoisotopic (exact) mass is 268 g/mol. The largest absolute Gasteiger partial charge is 0.479 e. The van der Waals surface area contributed by atoms with Gasteiger partial charge in [0.15, 0.2) is 5.60 Å². The Morgan fingerprint density at radius 1 is 1.42 bits per heavy atom. The number of hydrogen-bond acceptors (Lipinski definition) is 5. The summed E-state index contributed by atoms with van der Waals surface area (Å²) in [7, 11) is 0. The zero-order chi connectivity index (χ0) is 14.5. The van der Waals surface area contributed by atoms with Crippen molar-refractivity contribution in [2.45, 2.75) is 18.9 Å². The first kappa shape index (κ1) is 15.1. The molecule has 1 aromatic carbocycles. The minimum atomic E-state index is -1.80. The first-order chi connectivity index (χ1) is 8.83. The van der Waals surface area contributed by atoms with Crippen LogP contribution >= 0.6 is 0 Å². The van der Waals surface area contributed by atoms with Gasteiger partial charge >= 0.3 is 5.97 Å². The van der Waals surface area contributed by atoms with Gasteiger partial charge in [0.25, 0.3) is 5.69 Å². The summed E-state index contributed by atoms with van der Waals surface area (Å²) in [6.07, 6.45) is 0.591. The molecule has 1 unspecified atom stereocenters. The number of carboxylic acid groups (broad SMARTS) is 1. The highest BCUT2D eigenvalue weighted by Crippen LogP contribution is 2.12. The topological polar surface area (TPSA) is 113 Å². The predicted molar refractivity (Wildman–Crippen MR) is 67.9 cm³/mol. The van der Waals surface area contributed by atoms with E-state index >= 15 is 0 Å². The average molecular weight is 268 g/mol. The lowest BCUT2D eigenvalue weighted by atomic mass is 10.1. The molecule has 7 nitrogen and oxygen atoms in total. The van der Waals surface area contributed by atoms with Crippen LogP contribution in [0.5, 0.6) is 0 Å². The zero-order valence-electron chi connectivity index (χ0n) is 10.5. The number of nitrogens with zero attached hydrogens (tertiary/aromatic N) is 1. The van der Waals surface area contributed by atoms with E-state index in [1.165, 1.54) is 19.1 Å². The molecule has 3 N–H and O–H groups in total. The van der Waals surface area contributed by atoms with Gasteiger partial charge in [-0.3, -0.25) is 10.1 Å². The molecule has 19 heavy (non-hydrogen) atoms. The fourth-order valence-corrected chi connectivity index (χ4v) is 1.42. The van der Waals surface area contributed by atoms with Crippen LogP contribution in [0, 0.1) is 10.1 Å². The standard InChI is InChI=1S/C12H16N2O5/c1-12(17,11(15)16)8-13-7-6-9-2-4-10(5-3-9)14(18)19/h2-5,13,17H,6-8H2,1H3,(H,15,16). The molecule has 1 rings (SSSR count). The summed E-state index contributed by atoms with van der Waals surface area (Å²) in [5, 5.41) is 31.4. The summed E-state index contributed by atoms with van der Waals surface area (Å²) in [4.78, 5) is 20.6. The van der Waals surface area contributed by atoms with Crippen LogP contribution in [0.1, 0.15) is 12.5 Å². The van der Waals surface area contributed by atoms with E-state index in [4.69, 9.17) is 5.11 Å². The van der Waals surface area contributed by atoms with Crippen LogP contribution in [-0.2, 0) is 11.2 Å². The number of nitro benzene ring substituents is 1. The molecule has 0 radical (unpaired) electrons. The molecule has 0 saturated heterocycles. The summed E-state index contributed by atoms with van der Waals surface area (Å²) >= 11 is 0. The van der Waals surface area contributed by atoms with Crippen molar-refractivity contribution in [3.63, 3.8) is 0 Å². The van der Waals surface area contributed by atoms with Crippen molar-refractivity contribution in [3.05, 3.63) is 39.9 Å². The van der Waals surface area contributed by atoms with E-state index in [1.54, 1.807) is 12.1 Å². The minimum absolute atomic E-state index is 0.0329. The molecule has 1 aromatic rings. The molecule has 0 aliphatic carbocycles. The number of benzene rings is 1. The van der Waals surface area contributed by atoms with Gasteiger partial charge < -0.3 is 15.5 Å². The molecule has 1 atom stereocenters. The van der Waals surface area contributed by atoms with Gasteiger partial charge in [-0.2, -0.15) is 0 Å². The van der Waals surface area contributed by atoms with Crippen molar-refractivity contribution in [3.8, 4) is 0 Å². The number of carboxylic acids is 1. The third-order valence-electron chi connectivity index (χ3n) is 2.67. The Kier molecular flexibility index (Phi) is 4.96. The number of non-ortho nitro benzene ring substituents is 1. The highest BCUT2D eigenvalue weighted by molar-refractivity contribution is 5.76. The van der Waals surface area contributed by atoms with Crippen molar-refractivity contribution in [2.75, 3.05) is 13.1 Å². The minimum Gasteiger partial charge on any atom is -0.479 e. The fourth-order valence-electron chi connectivity index (χ4n) is 1.42.